The van der Waals surface area contributed by atoms with Crippen molar-refractivity contribution in [1.82, 2.24) is 0 Å². The van der Waals surface area contributed by atoms with Crippen LogP contribution < -0.4 is 5.17 Å². The van der Waals surface area contributed by atoms with Crippen LogP contribution in [0.5, 0.6) is 0 Å². The standard InChI is InChI=1S/C5H8N2O2/c1-9-5-3-2-4-7(8)6-5/h2-4,7-8H,1H3. The number of nitrogens with one attached hydrogen (secondary N) is 1. The van der Waals surface area contributed by atoms with E-state index in [-0.39, 0.29) is 5.17 Å². The van der Waals surface area contributed by atoms with Gasteiger partial charge in [0.1, 0.15) is 6.20 Å². The van der Waals surface area contributed by atoms with Gasteiger partial charge in [0.05, 0.1) is 13.0 Å². The molecule has 4 heteroatoms. The molecule has 0 aromatic heterocycles. The maximum Gasteiger partial charge on any atom is 0.122 e. The summed E-state index contributed by atoms with van der Waals surface area (Å²) in [6.07, 6.45) is 4.82. The Morgan fingerprint density at radius 1 is 1.78 bits per heavy atom. The lowest BCUT2D eigenvalue weighted by Gasteiger charge is -2.25. The summed E-state index contributed by atoms with van der Waals surface area (Å²) in [5.41, 5.74) is 3.62. The summed E-state index contributed by atoms with van der Waals surface area (Å²) in [5, 5.41) is 8.73. The highest BCUT2D eigenvalue weighted by Crippen LogP contribution is 2.01. The van der Waals surface area contributed by atoms with Crippen molar-refractivity contribution in [3.8, 4) is 0 Å². The van der Waals surface area contributed by atoms with Gasteiger partial charge in [0.15, 0.2) is 0 Å². The van der Waals surface area contributed by atoms with Crippen LogP contribution in [-0.2, 0) is 4.74 Å². The SMILES string of the molecule is COC1=CC=C[NH+](O)[N-]1. The monoisotopic (exact) mass is 128 g/mol. The van der Waals surface area contributed by atoms with E-state index in [1.807, 2.05) is 0 Å². The Labute approximate surface area is 53.0 Å². The van der Waals surface area contributed by atoms with E-state index in [1.54, 1.807) is 12.2 Å². The van der Waals surface area contributed by atoms with Crippen molar-refractivity contribution in [3.05, 3.63) is 29.7 Å². The van der Waals surface area contributed by atoms with Crippen molar-refractivity contribution in [1.29, 1.82) is 0 Å². The molecule has 4 nitrogen and oxygen atoms in total. The van der Waals surface area contributed by atoms with E-state index in [0.29, 0.717) is 5.88 Å². The molecule has 0 radical (unpaired) electrons. The average molecular weight is 128 g/mol. The number of nitrogens with zero attached hydrogens (tertiary/aromatic N) is 1. The summed E-state index contributed by atoms with van der Waals surface area (Å²) in [4.78, 5) is 0. The van der Waals surface area contributed by atoms with Gasteiger partial charge in [-0.15, -0.1) is 0 Å². The Hall–Kier alpha value is -1.00. The molecule has 2 N–H and O–H groups in total. The highest BCUT2D eigenvalue weighted by molar-refractivity contribution is 5.14. The predicted molar refractivity (Wildman–Crippen MR) is 30.3 cm³/mol. The zero-order valence-electron chi connectivity index (χ0n) is 5.03. The Morgan fingerprint density at radius 3 is 3.00 bits per heavy atom. The van der Waals surface area contributed by atoms with Crippen LogP contribution in [0.4, 0.5) is 0 Å². The van der Waals surface area contributed by atoms with Crippen LogP contribution in [0, 0.1) is 0 Å². The molecule has 0 aliphatic carbocycles. The van der Waals surface area contributed by atoms with E-state index < -0.39 is 0 Å². The third-order valence-electron chi connectivity index (χ3n) is 0.918. The van der Waals surface area contributed by atoms with Gasteiger partial charge in [-0.3, -0.25) is 0 Å². The topological polar surface area (TPSA) is 48.0 Å². The molecule has 1 atom stereocenters. The molecule has 1 aliphatic heterocycles. The molecule has 0 aromatic rings. The first-order valence-electron chi connectivity index (χ1n) is 2.53. The zero-order valence-corrected chi connectivity index (χ0v) is 5.03. The third kappa shape index (κ3) is 1.45. The molecule has 0 saturated heterocycles. The van der Waals surface area contributed by atoms with Crippen molar-refractivity contribution in [2.45, 2.75) is 0 Å². The lowest BCUT2D eigenvalue weighted by Crippen LogP contribution is -3.00. The molecule has 0 fully saturated rings. The van der Waals surface area contributed by atoms with Crippen LogP contribution in [-0.4, -0.2) is 12.3 Å². The first-order chi connectivity index (χ1) is 4.33. The van der Waals surface area contributed by atoms with Gasteiger partial charge in [0.25, 0.3) is 0 Å². The van der Waals surface area contributed by atoms with Gasteiger partial charge in [-0.2, -0.15) is 0 Å². The molecule has 1 unspecified atom stereocenters. The average Bonchev–Trinajstić information content (AvgIpc) is 1.88. The summed E-state index contributed by atoms with van der Waals surface area (Å²) >= 11 is 0. The molecular weight excluding hydrogens is 120 g/mol. The molecule has 1 heterocycles. The predicted octanol–water partition coefficient (Wildman–Crippen LogP) is -0.436. The number of quaternary nitrogens is 1. The number of ether oxygens (including phenoxy) is 1. The molecule has 1 aliphatic rings. The molecular formula is C5H8N2O2. The van der Waals surface area contributed by atoms with Crippen LogP contribution in [0.2, 0.25) is 0 Å². The van der Waals surface area contributed by atoms with Gasteiger partial charge in [-0.05, 0) is 12.2 Å². The largest absolute Gasteiger partial charge is 0.515 e. The first-order valence-corrected chi connectivity index (χ1v) is 2.53. The highest BCUT2D eigenvalue weighted by Gasteiger charge is 1.93. The second-order valence-electron chi connectivity index (χ2n) is 1.54. The van der Waals surface area contributed by atoms with E-state index in [4.69, 9.17) is 9.94 Å². The normalized spacial score (nSPS) is 24.7. The van der Waals surface area contributed by atoms with Crippen molar-refractivity contribution in [2.75, 3.05) is 7.11 Å². The summed E-state index contributed by atoms with van der Waals surface area (Å²) in [6, 6.07) is 0. The smallest absolute Gasteiger partial charge is 0.122 e. The molecule has 1 rings (SSSR count). The van der Waals surface area contributed by atoms with Gasteiger partial charge in [-0.1, -0.05) is 0 Å². The molecule has 0 saturated carbocycles. The number of rotatable bonds is 1. The Bertz CT molecular complexity index is 153. The van der Waals surface area contributed by atoms with Gasteiger partial charge in [-0.25, -0.2) is 10.4 Å². The summed E-state index contributed by atoms with van der Waals surface area (Å²) in [6.45, 7) is 0. The van der Waals surface area contributed by atoms with Gasteiger partial charge < -0.3 is 10.2 Å². The number of hydrogen-bond donors (Lipinski definition) is 2. The van der Waals surface area contributed by atoms with Gasteiger partial charge >= 0.3 is 0 Å². The quantitative estimate of drug-likeness (QED) is 0.503. The van der Waals surface area contributed by atoms with E-state index in [0.717, 1.165) is 0 Å². The third-order valence-corrected chi connectivity index (χ3v) is 0.918. The minimum Gasteiger partial charge on any atom is -0.515 e. The fraction of sp³-hybridized carbons (Fsp3) is 0.200. The molecule has 0 aromatic carbocycles. The minimum absolute atomic E-state index is 0.0191. The number of methoxy groups -OCH3 is 1. The van der Waals surface area contributed by atoms with Crippen molar-refractivity contribution >= 4 is 0 Å². The van der Waals surface area contributed by atoms with Gasteiger partial charge in [0.2, 0.25) is 0 Å². The lowest BCUT2D eigenvalue weighted by atomic mass is 10.5. The maximum absolute atomic E-state index is 8.75. The lowest BCUT2D eigenvalue weighted by molar-refractivity contribution is -1.01. The van der Waals surface area contributed by atoms with E-state index in [9.17, 15) is 0 Å². The van der Waals surface area contributed by atoms with Crippen LogP contribution in [0.1, 0.15) is 0 Å². The molecule has 50 valence electrons. The number of hydroxylamine groups is 1. The fourth-order valence-corrected chi connectivity index (χ4v) is 0.518. The van der Waals surface area contributed by atoms with E-state index in [1.165, 1.54) is 13.3 Å². The van der Waals surface area contributed by atoms with Crippen LogP contribution in [0.15, 0.2) is 24.2 Å². The van der Waals surface area contributed by atoms with Crippen molar-refractivity contribution in [3.63, 3.8) is 0 Å². The molecule has 0 bridgehead atoms. The molecule has 0 amide bonds. The second-order valence-corrected chi connectivity index (χ2v) is 1.54. The van der Waals surface area contributed by atoms with Crippen molar-refractivity contribution in [2.24, 2.45) is 0 Å². The molecule has 0 spiro atoms. The summed E-state index contributed by atoms with van der Waals surface area (Å²) in [5.74, 6) is 0.426. The van der Waals surface area contributed by atoms with Crippen LogP contribution >= 0.6 is 0 Å². The maximum atomic E-state index is 8.75. The van der Waals surface area contributed by atoms with Crippen LogP contribution in [0.3, 0.4) is 0 Å². The minimum atomic E-state index is -0.0191. The Balaban J connectivity index is 2.55. The first kappa shape index (κ1) is 6.12. The molecule has 9 heavy (non-hydrogen) atoms. The van der Waals surface area contributed by atoms with E-state index >= 15 is 0 Å². The highest BCUT2D eigenvalue weighted by atomic mass is 16.6. The zero-order chi connectivity index (χ0) is 6.69. The Kier molecular flexibility index (Phi) is 1.72. The fourth-order valence-electron chi connectivity index (χ4n) is 0.518. The number of hydrogen-bond acceptors (Lipinski definition) is 2. The Morgan fingerprint density at radius 2 is 2.56 bits per heavy atom. The second kappa shape index (κ2) is 2.52. The number of allylic oxidation sites excluding steroid dienone is 2. The van der Waals surface area contributed by atoms with E-state index in [2.05, 4.69) is 5.43 Å². The summed E-state index contributed by atoms with van der Waals surface area (Å²) in [7, 11) is 1.50. The van der Waals surface area contributed by atoms with Crippen molar-refractivity contribution < 1.29 is 15.1 Å². The van der Waals surface area contributed by atoms with Crippen LogP contribution in [0.25, 0.3) is 5.43 Å². The van der Waals surface area contributed by atoms with Gasteiger partial charge in [0, 0.05) is 0 Å². The summed E-state index contributed by atoms with van der Waals surface area (Å²) < 4.78 is 4.72.